The molecule has 0 bridgehead atoms. The van der Waals surface area contributed by atoms with Crippen molar-refractivity contribution in [2.45, 2.75) is 45.6 Å². The molecule has 0 aromatic carbocycles. The van der Waals surface area contributed by atoms with Crippen LogP contribution >= 0.6 is 0 Å². The van der Waals surface area contributed by atoms with Gasteiger partial charge in [-0.2, -0.15) is 0 Å². The summed E-state index contributed by atoms with van der Waals surface area (Å²) in [5, 5.41) is 0. The van der Waals surface area contributed by atoms with Crippen LogP contribution in [0.1, 0.15) is 39.5 Å². The average molecular weight is 198 g/mol. The second-order valence-corrected chi connectivity index (χ2v) is 4.57. The lowest BCUT2D eigenvalue weighted by atomic mass is 10.0. The van der Waals surface area contributed by atoms with Gasteiger partial charge in [0, 0.05) is 6.04 Å². The van der Waals surface area contributed by atoms with Gasteiger partial charge in [0.2, 0.25) is 0 Å². The molecule has 1 saturated heterocycles. The lowest BCUT2D eigenvalue weighted by Crippen LogP contribution is -2.44. The van der Waals surface area contributed by atoms with Crippen molar-refractivity contribution < 1.29 is 0 Å². The van der Waals surface area contributed by atoms with Gasteiger partial charge in [-0.25, -0.2) is 0 Å². The standard InChI is InChI=1S/C12H26N2/c1-4-8-14(9-5-2)12-6-10-13(3)11-7-12/h12H,4-11H2,1-3H3. The minimum atomic E-state index is 0.867. The van der Waals surface area contributed by atoms with E-state index in [1.54, 1.807) is 0 Å². The molecule has 0 saturated carbocycles. The zero-order valence-electron chi connectivity index (χ0n) is 10.1. The summed E-state index contributed by atoms with van der Waals surface area (Å²) in [5.74, 6) is 0. The molecule has 0 spiro atoms. The van der Waals surface area contributed by atoms with Crippen molar-refractivity contribution in [2.75, 3.05) is 33.2 Å². The third-order valence-corrected chi connectivity index (χ3v) is 3.23. The monoisotopic (exact) mass is 198 g/mol. The first kappa shape index (κ1) is 12.0. The van der Waals surface area contributed by atoms with Crippen molar-refractivity contribution in [1.82, 2.24) is 9.80 Å². The highest BCUT2D eigenvalue weighted by Crippen LogP contribution is 2.16. The van der Waals surface area contributed by atoms with Crippen molar-refractivity contribution >= 4 is 0 Å². The van der Waals surface area contributed by atoms with E-state index in [-0.39, 0.29) is 0 Å². The normalized spacial score (nSPS) is 20.6. The van der Waals surface area contributed by atoms with Crippen LogP contribution in [-0.4, -0.2) is 49.1 Å². The topological polar surface area (TPSA) is 6.48 Å². The summed E-state index contributed by atoms with van der Waals surface area (Å²) in [4.78, 5) is 5.15. The molecule has 1 rings (SSSR count). The summed E-state index contributed by atoms with van der Waals surface area (Å²) in [7, 11) is 2.24. The van der Waals surface area contributed by atoms with Gasteiger partial charge in [-0.15, -0.1) is 0 Å². The lowest BCUT2D eigenvalue weighted by Gasteiger charge is -2.37. The summed E-state index contributed by atoms with van der Waals surface area (Å²) in [6.07, 6.45) is 5.34. The van der Waals surface area contributed by atoms with Crippen LogP contribution in [0.5, 0.6) is 0 Å². The van der Waals surface area contributed by atoms with E-state index in [4.69, 9.17) is 0 Å². The summed E-state index contributed by atoms with van der Waals surface area (Å²) in [5.41, 5.74) is 0. The van der Waals surface area contributed by atoms with Crippen LogP contribution in [0, 0.1) is 0 Å². The molecule has 0 N–H and O–H groups in total. The number of hydrogen-bond donors (Lipinski definition) is 0. The minimum Gasteiger partial charge on any atom is -0.306 e. The fourth-order valence-electron chi connectivity index (χ4n) is 2.41. The van der Waals surface area contributed by atoms with E-state index in [0.717, 1.165) is 6.04 Å². The van der Waals surface area contributed by atoms with Crippen LogP contribution in [0.25, 0.3) is 0 Å². The summed E-state index contributed by atoms with van der Waals surface area (Å²) in [6, 6.07) is 0.867. The number of rotatable bonds is 5. The molecule has 2 nitrogen and oxygen atoms in total. The molecular weight excluding hydrogens is 172 g/mol. The number of nitrogens with zero attached hydrogens (tertiary/aromatic N) is 2. The number of piperidine rings is 1. The smallest absolute Gasteiger partial charge is 0.0120 e. The number of likely N-dealkylation sites (tertiary alicyclic amines) is 1. The summed E-state index contributed by atoms with van der Waals surface area (Å²) in [6.45, 7) is 9.74. The van der Waals surface area contributed by atoms with E-state index >= 15 is 0 Å². The van der Waals surface area contributed by atoms with Gasteiger partial charge in [0.1, 0.15) is 0 Å². The van der Waals surface area contributed by atoms with Gasteiger partial charge in [-0.05, 0) is 58.9 Å². The average Bonchev–Trinajstić information content (AvgIpc) is 2.19. The van der Waals surface area contributed by atoms with Gasteiger partial charge in [0.25, 0.3) is 0 Å². The van der Waals surface area contributed by atoms with Gasteiger partial charge in [-0.3, -0.25) is 0 Å². The van der Waals surface area contributed by atoms with Crippen molar-refractivity contribution in [3.63, 3.8) is 0 Å². The fraction of sp³-hybridized carbons (Fsp3) is 1.00. The molecule has 0 aliphatic carbocycles. The van der Waals surface area contributed by atoms with E-state index in [1.165, 1.54) is 51.9 Å². The Kier molecular flexibility index (Phi) is 5.49. The zero-order valence-corrected chi connectivity index (χ0v) is 10.1. The molecule has 0 atom stereocenters. The van der Waals surface area contributed by atoms with E-state index in [2.05, 4.69) is 30.7 Å². The maximum Gasteiger partial charge on any atom is 0.0120 e. The molecular formula is C12H26N2. The minimum absolute atomic E-state index is 0.867. The van der Waals surface area contributed by atoms with Crippen molar-refractivity contribution in [1.29, 1.82) is 0 Å². The van der Waals surface area contributed by atoms with Crippen LogP contribution in [0.15, 0.2) is 0 Å². The summed E-state index contributed by atoms with van der Waals surface area (Å²) < 4.78 is 0. The van der Waals surface area contributed by atoms with Crippen LogP contribution < -0.4 is 0 Å². The molecule has 0 aromatic rings. The van der Waals surface area contributed by atoms with Crippen LogP contribution in [0.3, 0.4) is 0 Å². The molecule has 1 aliphatic heterocycles. The Labute approximate surface area is 89.3 Å². The molecule has 1 fully saturated rings. The summed E-state index contributed by atoms with van der Waals surface area (Å²) >= 11 is 0. The predicted molar refractivity (Wildman–Crippen MR) is 62.7 cm³/mol. The highest BCUT2D eigenvalue weighted by Gasteiger charge is 2.21. The van der Waals surface area contributed by atoms with Gasteiger partial charge in [-0.1, -0.05) is 13.8 Å². The van der Waals surface area contributed by atoms with Crippen molar-refractivity contribution in [3.8, 4) is 0 Å². The van der Waals surface area contributed by atoms with Crippen LogP contribution in [0.2, 0.25) is 0 Å². The Morgan fingerprint density at radius 2 is 1.57 bits per heavy atom. The third kappa shape index (κ3) is 3.58. The first-order valence-electron chi connectivity index (χ1n) is 6.20. The third-order valence-electron chi connectivity index (χ3n) is 3.23. The van der Waals surface area contributed by atoms with Gasteiger partial charge in [0.05, 0.1) is 0 Å². The largest absolute Gasteiger partial charge is 0.306 e. The Morgan fingerprint density at radius 1 is 1.07 bits per heavy atom. The molecule has 1 heterocycles. The quantitative estimate of drug-likeness (QED) is 0.668. The molecule has 84 valence electrons. The zero-order chi connectivity index (χ0) is 10.4. The first-order chi connectivity index (χ1) is 6.77. The molecule has 0 radical (unpaired) electrons. The Balaban J connectivity index is 2.34. The Hall–Kier alpha value is -0.0800. The molecule has 1 aliphatic rings. The maximum absolute atomic E-state index is 2.70. The van der Waals surface area contributed by atoms with Gasteiger partial charge < -0.3 is 9.80 Å². The van der Waals surface area contributed by atoms with Crippen LogP contribution in [-0.2, 0) is 0 Å². The SMILES string of the molecule is CCCN(CCC)C1CCN(C)CC1. The van der Waals surface area contributed by atoms with Gasteiger partial charge >= 0.3 is 0 Å². The molecule has 0 aromatic heterocycles. The molecule has 14 heavy (non-hydrogen) atoms. The number of hydrogen-bond acceptors (Lipinski definition) is 2. The van der Waals surface area contributed by atoms with E-state index < -0.39 is 0 Å². The fourth-order valence-corrected chi connectivity index (χ4v) is 2.41. The van der Waals surface area contributed by atoms with E-state index in [1.807, 2.05) is 0 Å². The predicted octanol–water partition coefficient (Wildman–Crippen LogP) is 2.20. The second-order valence-electron chi connectivity index (χ2n) is 4.57. The molecule has 2 heteroatoms. The first-order valence-corrected chi connectivity index (χ1v) is 6.20. The Bertz CT molecular complexity index is 133. The highest BCUT2D eigenvalue weighted by molar-refractivity contribution is 4.78. The van der Waals surface area contributed by atoms with Crippen molar-refractivity contribution in [2.24, 2.45) is 0 Å². The van der Waals surface area contributed by atoms with E-state index in [9.17, 15) is 0 Å². The van der Waals surface area contributed by atoms with Crippen molar-refractivity contribution in [3.05, 3.63) is 0 Å². The molecule has 0 amide bonds. The second kappa shape index (κ2) is 6.41. The Morgan fingerprint density at radius 3 is 2.00 bits per heavy atom. The lowest BCUT2D eigenvalue weighted by molar-refractivity contribution is 0.121. The van der Waals surface area contributed by atoms with Crippen LogP contribution in [0.4, 0.5) is 0 Å². The van der Waals surface area contributed by atoms with E-state index in [0.29, 0.717) is 0 Å². The van der Waals surface area contributed by atoms with Gasteiger partial charge in [0.15, 0.2) is 0 Å². The molecule has 0 unspecified atom stereocenters. The highest BCUT2D eigenvalue weighted by atomic mass is 15.2. The maximum atomic E-state index is 2.70.